The van der Waals surface area contributed by atoms with Gasteiger partial charge in [-0.15, -0.1) is 0 Å². The summed E-state index contributed by atoms with van der Waals surface area (Å²) in [6, 6.07) is 17.7. The summed E-state index contributed by atoms with van der Waals surface area (Å²) in [6.07, 6.45) is 1.55. The van der Waals surface area contributed by atoms with Gasteiger partial charge in [-0.3, -0.25) is 9.69 Å². The number of carboxylic acid groups (broad SMARTS) is 1. The van der Waals surface area contributed by atoms with Crippen LogP contribution in [0.25, 0.3) is 0 Å². The smallest absolute Gasteiger partial charge is 0.315 e. The molecule has 0 saturated carbocycles. The van der Waals surface area contributed by atoms with E-state index in [1.54, 1.807) is 7.11 Å². The van der Waals surface area contributed by atoms with E-state index in [-0.39, 0.29) is 0 Å². The molecule has 0 aromatic heterocycles. The molecule has 2 aromatic rings. The van der Waals surface area contributed by atoms with Crippen molar-refractivity contribution >= 4 is 5.97 Å². The maximum atomic E-state index is 12.2. The van der Waals surface area contributed by atoms with Gasteiger partial charge in [-0.2, -0.15) is 0 Å². The molecule has 4 heteroatoms. The number of aliphatic carboxylic acids is 1. The number of benzene rings is 2. The average molecular weight is 325 g/mol. The van der Waals surface area contributed by atoms with Gasteiger partial charge in [-0.25, -0.2) is 0 Å². The Bertz CT molecular complexity index is 684. The summed E-state index contributed by atoms with van der Waals surface area (Å²) in [5, 5.41) is 9.99. The van der Waals surface area contributed by atoms with Gasteiger partial charge in [0, 0.05) is 13.1 Å². The SMILES string of the molecule is COc1ccc([C@]2(C(=O)O)CCCN(Cc3ccccc3)C2)cc1. The molecule has 1 aliphatic rings. The van der Waals surface area contributed by atoms with Gasteiger partial charge in [0.05, 0.1) is 7.11 Å². The Labute approximate surface area is 142 Å². The fraction of sp³-hybridized carbons (Fsp3) is 0.350. The van der Waals surface area contributed by atoms with Crippen molar-refractivity contribution in [3.8, 4) is 5.75 Å². The minimum absolute atomic E-state index is 0.531. The number of carboxylic acids is 1. The molecule has 2 aromatic carbocycles. The number of hydrogen-bond acceptors (Lipinski definition) is 3. The highest BCUT2D eigenvalue weighted by Crippen LogP contribution is 2.36. The Morgan fingerprint density at radius 2 is 1.88 bits per heavy atom. The lowest BCUT2D eigenvalue weighted by molar-refractivity contribution is -0.146. The third-order valence-electron chi connectivity index (χ3n) is 4.87. The molecular weight excluding hydrogens is 302 g/mol. The van der Waals surface area contributed by atoms with Crippen LogP contribution in [0.3, 0.4) is 0 Å². The maximum Gasteiger partial charge on any atom is 0.315 e. The van der Waals surface area contributed by atoms with Crippen molar-refractivity contribution in [3.63, 3.8) is 0 Å². The van der Waals surface area contributed by atoms with E-state index in [1.165, 1.54) is 5.56 Å². The fourth-order valence-corrected chi connectivity index (χ4v) is 3.56. The van der Waals surface area contributed by atoms with E-state index in [9.17, 15) is 9.90 Å². The van der Waals surface area contributed by atoms with Crippen molar-refractivity contribution in [3.05, 3.63) is 65.7 Å². The van der Waals surface area contributed by atoms with Crippen molar-refractivity contribution in [2.75, 3.05) is 20.2 Å². The molecule has 1 saturated heterocycles. The molecule has 24 heavy (non-hydrogen) atoms. The second kappa shape index (κ2) is 7.05. The van der Waals surface area contributed by atoms with Crippen LogP contribution in [0.1, 0.15) is 24.0 Å². The van der Waals surface area contributed by atoms with Gasteiger partial charge in [0.25, 0.3) is 0 Å². The van der Waals surface area contributed by atoms with Crippen LogP contribution < -0.4 is 4.74 Å². The van der Waals surface area contributed by atoms with Crippen LogP contribution in [0.5, 0.6) is 5.75 Å². The van der Waals surface area contributed by atoms with Gasteiger partial charge in [-0.05, 0) is 42.6 Å². The summed E-state index contributed by atoms with van der Waals surface area (Å²) < 4.78 is 5.19. The third-order valence-corrected chi connectivity index (χ3v) is 4.87. The average Bonchev–Trinajstić information content (AvgIpc) is 2.62. The number of methoxy groups -OCH3 is 1. The van der Waals surface area contributed by atoms with Crippen molar-refractivity contribution in [2.24, 2.45) is 0 Å². The van der Waals surface area contributed by atoms with Gasteiger partial charge >= 0.3 is 5.97 Å². The Kier molecular flexibility index (Phi) is 4.86. The van der Waals surface area contributed by atoms with Crippen molar-refractivity contribution < 1.29 is 14.6 Å². The number of nitrogens with zero attached hydrogens (tertiary/aromatic N) is 1. The zero-order valence-electron chi connectivity index (χ0n) is 13.9. The summed E-state index contributed by atoms with van der Waals surface area (Å²) in [7, 11) is 1.62. The number of rotatable bonds is 5. The molecule has 1 N–H and O–H groups in total. The molecule has 1 fully saturated rings. The molecule has 126 valence electrons. The number of likely N-dealkylation sites (tertiary alicyclic amines) is 1. The largest absolute Gasteiger partial charge is 0.497 e. The highest BCUT2D eigenvalue weighted by atomic mass is 16.5. The monoisotopic (exact) mass is 325 g/mol. The van der Waals surface area contributed by atoms with Gasteiger partial charge in [0.2, 0.25) is 0 Å². The van der Waals surface area contributed by atoms with Gasteiger partial charge in [0.1, 0.15) is 11.2 Å². The Hall–Kier alpha value is -2.33. The lowest BCUT2D eigenvalue weighted by atomic mass is 9.74. The molecule has 0 spiro atoms. The molecule has 1 atom stereocenters. The quantitative estimate of drug-likeness (QED) is 0.916. The van der Waals surface area contributed by atoms with Gasteiger partial charge in [-0.1, -0.05) is 42.5 Å². The number of piperidine rings is 1. The lowest BCUT2D eigenvalue weighted by Crippen LogP contribution is -2.50. The molecule has 1 aliphatic heterocycles. The van der Waals surface area contributed by atoms with Crippen LogP contribution in [0.4, 0.5) is 0 Å². The van der Waals surface area contributed by atoms with Crippen LogP contribution >= 0.6 is 0 Å². The molecule has 4 nitrogen and oxygen atoms in total. The van der Waals surface area contributed by atoms with Crippen molar-refractivity contribution in [1.82, 2.24) is 4.90 Å². The zero-order valence-corrected chi connectivity index (χ0v) is 13.9. The first-order valence-electron chi connectivity index (χ1n) is 8.28. The van der Waals surface area contributed by atoms with Crippen molar-refractivity contribution in [2.45, 2.75) is 24.8 Å². The minimum Gasteiger partial charge on any atom is -0.497 e. The Morgan fingerprint density at radius 1 is 1.17 bits per heavy atom. The van der Waals surface area contributed by atoms with Crippen LogP contribution in [-0.4, -0.2) is 36.2 Å². The predicted molar refractivity (Wildman–Crippen MR) is 93.3 cm³/mol. The first kappa shape index (κ1) is 16.5. The van der Waals surface area contributed by atoms with E-state index >= 15 is 0 Å². The molecule has 0 unspecified atom stereocenters. The lowest BCUT2D eigenvalue weighted by Gasteiger charge is -2.40. The minimum atomic E-state index is -0.848. The highest BCUT2D eigenvalue weighted by Gasteiger charge is 2.43. The molecular formula is C20H23NO3. The summed E-state index contributed by atoms with van der Waals surface area (Å²) in [5.41, 5.74) is 1.22. The normalized spacial score (nSPS) is 21.4. The second-order valence-corrected chi connectivity index (χ2v) is 6.42. The molecule has 0 radical (unpaired) electrons. The summed E-state index contributed by atoms with van der Waals surface area (Å²) in [6.45, 7) is 2.25. The molecule has 0 amide bonds. The first-order chi connectivity index (χ1) is 11.6. The van der Waals surface area contributed by atoms with Crippen molar-refractivity contribution in [1.29, 1.82) is 0 Å². The standard InChI is InChI=1S/C20H23NO3/c1-24-18-10-8-17(9-11-18)20(19(22)23)12-5-13-21(15-20)14-16-6-3-2-4-7-16/h2-4,6-11H,5,12-15H2,1H3,(H,22,23)/t20-/m0/s1. The maximum absolute atomic E-state index is 12.2. The fourth-order valence-electron chi connectivity index (χ4n) is 3.56. The van der Waals surface area contributed by atoms with Crippen LogP contribution in [0.15, 0.2) is 54.6 Å². The van der Waals surface area contributed by atoms with E-state index in [0.717, 1.165) is 30.8 Å². The molecule has 1 heterocycles. The first-order valence-corrected chi connectivity index (χ1v) is 8.28. The highest BCUT2D eigenvalue weighted by molar-refractivity contribution is 5.82. The number of carbonyl (C=O) groups is 1. The van der Waals surface area contributed by atoms with Crippen LogP contribution in [0, 0.1) is 0 Å². The van der Waals surface area contributed by atoms with Gasteiger partial charge in [0.15, 0.2) is 0 Å². The van der Waals surface area contributed by atoms with E-state index < -0.39 is 11.4 Å². The number of ether oxygens (including phenoxy) is 1. The summed E-state index contributed by atoms with van der Waals surface area (Å²) in [4.78, 5) is 14.4. The third kappa shape index (κ3) is 3.29. The summed E-state index contributed by atoms with van der Waals surface area (Å²) in [5.74, 6) is 0.00154. The molecule has 0 aliphatic carbocycles. The van der Waals surface area contributed by atoms with E-state index in [4.69, 9.17) is 4.74 Å². The van der Waals surface area contributed by atoms with E-state index in [2.05, 4.69) is 17.0 Å². The Morgan fingerprint density at radius 3 is 2.50 bits per heavy atom. The van der Waals surface area contributed by atoms with E-state index in [0.29, 0.717) is 13.0 Å². The molecule has 0 bridgehead atoms. The zero-order chi connectivity index (χ0) is 17.0. The van der Waals surface area contributed by atoms with Crippen LogP contribution in [-0.2, 0) is 16.8 Å². The Balaban J connectivity index is 1.84. The second-order valence-electron chi connectivity index (χ2n) is 6.42. The predicted octanol–water partition coefficient (Wildman–Crippen LogP) is 3.31. The number of hydrogen-bond donors (Lipinski definition) is 1. The van der Waals surface area contributed by atoms with Gasteiger partial charge < -0.3 is 9.84 Å². The van der Waals surface area contributed by atoms with E-state index in [1.807, 2.05) is 42.5 Å². The topological polar surface area (TPSA) is 49.8 Å². The summed E-state index contributed by atoms with van der Waals surface area (Å²) >= 11 is 0. The molecule has 3 rings (SSSR count). The van der Waals surface area contributed by atoms with Crippen LogP contribution in [0.2, 0.25) is 0 Å².